The molecule has 17 heavy (non-hydrogen) atoms. The van der Waals surface area contributed by atoms with Gasteiger partial charge in [-0.05, 0) is 41.8 Å². The molecule has 0 aliphatic carbocycles. The molecule has 0 bridgehead atoms. The minimum absolute atomic E-state index is 0.0290. The second-order valence-corrected chi connectivity index (χ2v) is 3.46. The van der Waals surface area contributed by atoms with Crippen molar-refractivity contribution in [2.24, 2.45) is 0 Å². The first-order chi connectivity index (χ1) is 7.86. The summed E-state index contributed by atoms with van der Waals surface area (Å²) in [5.74, 6) is -0.979. The second kappa shape index (κ2) is 5.12. The Balaban J connectivity index is 3.23. The van der Waals surface area contributed by atoms with E-state index in [-0.39, 0.29) is 5.56 Å². The predicted octanol–water partition coefficient (Wildman–Crippen LogP) is 3.84. The Kier molecular flexibility index (Phi) is 4.04. The number of hydrogen-bond donors (Lipinski definition) is 0. The number of carbonyl (C=O) groups excluding carboxylic acids is 1. The zero-order valence-corrected chi connectivity index (χ0v) is 9.01. The van der Waals surface area contributed by atoms with Crippen molar-refractivity contribution >= 4 is 12.4 Å². The van der Waals surface area contributed by atoms with Crippen LogP contribution in [0.2, 0.25) is 0 Å². The Morgan fingerprint density at radius 2 is 1.94 bits per heavy atom. The Morgan fingerprint density at radius 3 is 2.41 bits per heavy atom. The summed E-state index contributed by atoms with van der Waals surface area (Å²) in [5.41, 5.74) is -0.727. The van der Waals surface area contributed by atoms with Gasteiger partial charge in [-0.25, -0.2) is 4.39 Å². The molecule has 0 fully saturated rings. The Labute approximate surface area is 95.8 Å². The van der Waals surface area contributed by atoms with Crippen LogP contribution >= 0.6 is 0 Å². The molecule has 0 N–H and O–H groups in total. The lowest BCUT2D eigenvalue weighted by molar-refractivity contribution is -0.137. The first-order valence-electron chi connectivity index (χ1n) is 4.90. The topological polar surface area (TPSA) is 17.1 Å². The lowest BCUT2D eigenvalue weighted by Crippen LogP contribution is -2.05. The number of alkyl halides is 3. The van der Waals surface area contributed by atoms with Crippen LogP contribution in [0.25, 0.3) is 6.08 Å². The summed E-state index contributed by atoms with van der Waals surface area (Å²) >= 11 is 0. The molecular weight excluding hydrogens is 236 g/mol. The molecule has 5 heteroatoms. The smallest absolute Gasteiger partial charge is 0.298 e. The van der Waals surface area contributed by atoms with Gasteiger partial charge in [0.25, 0.3) is 0 Å². The second-order valence-electron chi connectivity index (χ2n) is 3.46. The molecular formula is C12H10F4O. The molecule has 92 valence electrons. The van der Waals surface area contributed by atoms with Gasteiger partial charge >= 0.3 is 6.18 Å². The van der Waals surface area contributed by atoms with Gasteiger partial charge in [-0.1, -0.05) is 6.92 Å². The Hall–Kier alpha value is -1.65. The molecule has 1 rings (SSSR count). The van der Waals surface area contributed by atoms with Gasteiger partial charge in [-0.3, -0.25) is 4.79 Å². The van der Waals surface area contributed by atoms with Gasteiger partial charge in [-0.15, -0.1) is 0 Å². The fraction of sp³-hybridized carbons (Fsp3) is 0.250. The van der Waals surface area contributed by atoms with E-state index >= 15 is 0 Å². The van der Waals surface area contributed by atoms with Gasteiger partial charge in [-0.2, -0.15) is 13.2 Å². The van der Waals surface area contributed by atoms with Crippen LogP contribution in [0.15, 0.2) is 23.8 Å². The highest BCUT2D eigenvalue weighted by atomic mass is 19.4. The minimum Gasteiger partial charge on any atom is -0.298 e. The number of carbonyl (C=O) groups is 1. The van der Waals surface area contributed by atoms with E-state index in [4.69, 9.17) is 0 Å². The van der Waals surface area contributed by atoms with E-state index in [9.17, 15) is 22.4 Å². The molecule has 0 aromatic heterocycles. The average molecular weight is 246 g/mol. The molecule has 0 amide bonds. The summed E-state index contributed by atoms with van der Waals surface area (Å²) in [5, 5.41) is 0. The van der Waals surface area contributed by atoms with Crippen LogP contribution in [-0.4, -0.2) is 6.29 Å². The molecule has 0 saturated carbocycles. The van der Waals surface area contributed by atoms with E-state index in [0.29, 0.717) is 24.3 Å². The fourth-order valence-corrected chi connectivity index (χ4v) is 1.29. The zero-order valence-electron chi connectivity index (χ0n) is 9.01. The van der Waals surface area contributed by atoms with Crippen LogP contribution in [0.1, 0.15) is 24.5 Å². The molecule has 0 aliphatic rings. The highest BCUT2D eigenvalue weighted by Gasteiger charge is 2.31. The van der Waals surface area contributed by atoms with E-state index in [1.54, 1.807) is 6.92 Å². The summed E-state index contributed by atoms with van der Waals surface area (Å²) < 4.78 is 50.2. The van der Waals surface area contributed by atoms with Crippen LogP contribution in [0.3, 0.4) is 0 Å². The van der Waals surface area contributed by atoms with Crippen molar-refractivity contribution in [2.45, 2.75) is 19.5 Å². The standard InChI is InChI=1S/C12H10F4O/c1-2-8(7-17)3-9-4-10(12(14,15)16)6-11(13)5-9/h3-7H,2H2,1H3/b8-3-. The van der Waals surface area contributed by atoms with Crippen molar-refractivity contribution in [1.82, 2.24) is 0 Å². The maximum absolute atomic E-state index is 13.0. The normalized spacial score (nSPS) is 12.6. The SMILES string of the molecule is CC/C(C=O)=C/c1cc(F)cc(C(F)(F)F)c1. The van der Waals surface area contributed by atoms with E-state index in [1.807, 2.05) is 0 Å². The molecule has 1 aromatic rings. The lowest BCUT2D eigenvalue weighted by Gasteiger charge is -2.08. The molecule has 1 nitrogen and oxygen atoms in total. The van der Waals surface area contributed by atoms with Crippen molar-refractivity contribution < 1.29 is 22.4 Å². The van der Waals surface area contributed by atoms with E-state index in [1.165, 1.54) is 6.08 Å². The van der Waals surface area contributed by atoms with Crippen LogP contribution in [0, 0.1) is 5.82 Å². The quantitative estimate of drug-likeness (QED) is 0.450. The third-order valence-corrected chi connectivity index (χ3v) is 2.16. The summed E-state index contributed by atoms with van der Waals surface area (Å²) in [4.78, 5) is 10.5. The van der Waals surface area contributed by atoms with E-state index < -0.39 is 17.6 Å². The van der Waals surface area contributed by atoms with Crippen molar-refractivity contribution in [3.8, 4) is 0 Å². The third kappa shape index (κ3) is 3.69. The third-order valence-electron chi connectivity index (χ3n) is 2.16. The number of benzene rings is 1. The predicted molar refractivity (Wildman–Crippen MR) is 55.7 cm³/mol. The number of allylic oxidation sites excluding steroid dienone is 1. The van der Waals surface area contributed by atoms with Crippen LogP contribution in [0.4, 0.5) is 17.6 Å². The molecule has 0 heterocycles. The zero-order chi connectivity index (χ0) is 13.1. The molecule has 0 radical (unpaired) electrons. The number of hydrogen-bond acceptors (Lipinski definition) is 1. The monoisotopic (exact) mass is 246 g/mol. The summed E-state index contributed by atoms with van der Waals surface area (Å²) in [6.45, 7) is 1.68. The maximum Gasteiger partial charge on any atom is 0.416 e. The number of halogens is 4. The van der Waals surface area contributed by atoms with Gasteiger partial charge in [0.05, 0.1) is 5.56 Å². The van der Waals surface area contributed by atoms with Crippen molar-refractivity contribution in [1.29, 1.82) is 0 Å². The first kappa shape index (κ1) is 13.4. The van der Waals surface area contributed by atoms with Gasteiger partial charge in [0, 0.05) is 0 Å². The number of aldehydes is 1. The molecule has 0 spiro atoms. The fourth-order valence-electron chi connectivity index (χ4n) is 1.29. The largest absolute Gasteiger partial charge is 0.416 e. The summed E-state index contributed by atoms with van der Waals surface area (Å²) in [7, 11) is 0. The lowest BCUT2D eigenvalue weighted by atomic mass is 10.1. The van der Waals surface area contributed by atoms with Gasteiger partial charge in [0.1, 0.15) is 12.1 Å². The molecule has 0 aliphatic heterocycles. The van der Waals surface area contributed by atoms with Gasteiger partial charge in [0.15, 0.2) is 0 Å². The summed E-state index contributed by atoms with van der Waals surface area (Å²) in [6.07, 6.45) is -2.44. The maximum atomic E-state index is 13.0. The molecule has 1 aromatic carbocycles. The highest BCUT2D eigenvalue weighted by molar-refractivity contribution is 5.81. The molecule has 0 atom stereocenters. The van der Waals surface area contributed by atoms with Crippen LogP contribution in [-0.2, 0) is 11.0 Å². The van der Waals surface area contributed by atoms with Crippen molar-refractivity contribution in [2.75, 3.05) is 0 Å². The average Bonchev–Trinajstić information content (AvgIpc) is 2.24. The van der Waals surface area contributed by atoms with Crippen LogP contribution < -0.4 is 0 Å². The highest BCUT2D eigenvalue weighted by Crippen LogP contribution is 2.30. The first-order valence-corrected chi connectivity index (χ1v) is 4.90. The Morgan fingerprint density at radius 1 is 1.29 bits per heavy atom. The van der Waals surface area contributed by atoms with Crippen molar-refractivity contribution in [3.05, 3.63) is 40.7 Å². The van der Waals surface area contributed by atoms with E-state index in [2.05, 4.69) is 0 Å². The summed E-state index contributed by atoms with van der Waals surface area (Å²) in [6, 6.07) is 2.18. The molecule has 0 saturated heterocycles. The Bertz CT molecular complexity index is 446. The van der Waals surface area contributed by atoms with Crippen molar-refractivity contribution in [3.63, 3.8) is 0 Å². The van der Waals surface area contributed by atoms with Gasteiger partial charge in [0.2, 0.25) is 0 Å². The minimum atomic E-state index is -4.60. The number of rotatable bonds is 3. The van der Waals surface area contributed by atoms with Crippen LogP contribution in [0.5, 0.6) is 0 Å². The van der Waals surface area contributed by atoms with Gasteiger partial charge < -0.3 is 0 Å². The van der Waals surface area contributed by atoms with E-state index in [0.717, 1.165) is 12.1 Å². The molecule has 0 unspecified atom stereocenters.